The van der Waals surface area contributed by atoms with E-state index < -0.39 is 151 Å². The van der Waals surface area contributed by atoms with Crippen LogP contribution in [-0.4, -0.2) is 157 Å². The molecule has 392 valence electrons. The quantitative estimate of drug-likeness (QED) is 0.0294. The van der Waals surface area contributed by atoms with E-state index >= 15 is 0 Å². The van der Waals surface area contributed by atoms with Crippen molar-refractivity contribution >= 4 is 52.7 Å². The highest BCUT2D eigenvalue weighted by Crippen LogP contribution is 2.52. The lowest BCUT2D eigenvalue weighted by molar-refractivity contribution is -0.249. The molecule has 0 unspecified atom stereocenters. The molecule has 1 fully saturated rings. The summed E-state index contributed by atoms with van der Waals surface area (Å²) >= 11 is 0. The zero-order valence-electron chi connectivity index (χ0n) is 40.1. The lowest BCUT2D eigenvalue weighted by Gasteiger charge is -2.43. The number of carbonyl (C=O) groups excluding carboxylic acids is 7. The molecular weight excluding hydrogens is 963 g/mol. The Morgan fingerprint density at radius 2 is 1.62 bits per heavy atom. The summed E-state index contributed by atoms with van der Waals surface area (Å²) in [7, 11) is 1.28. The van der Waals surface area contributed by atoms with E-state index in [1.807, 2.05) is 0 Å². The maximum Gasteiger partial charge on any atom is 0.322 e. The molecule has 3 aromatic rings. The van der Waals surface area contributed by atoms with E-state index in [4.69, 9.17) is 24.2 Å². The van der Waals surface area contributed by atoms with E-state index in [0.717, 1.165) is 0 Å². The van der Waals surface area contributed by atoms with Gasteiger partial charge in [-0.05, 0) is 57.4 Å². The van der Waals surface area contributed by atoms with Crippen molar-refractivity contribution in [2.45, 2.75) is 114 Å². The fourth-order valence-corrected chi connectivity index (χ4v) is 8.90. The molecule has 24 heteroatoms. The number of carbonyl (C=O) groups is 8. The number of methoxy groups -OCH3 is 1. The standard InChI is InChI=1S/C49H57N5O19/c1-22(54-71-21-35(59)51-23(2)47(67)53-30(48(68)50-19-36(60)61)15-25-11-13-26(56)14-12-25)7-5-10-34(58)52-29-16-37(72-24(3)42(29)62)73-32-18-49(69,33(57)20-55)17-28-39(32)46(66)41-40(44(28)64)43(63)27-8-6-9-31(70-4)38(27)45(41)65/h6,8-9,11-14,23-24,29-30,32,37,42,55-56,62,64,66,69H,5,7,10,15-21H2,1-4H3,(H,50,68)(H,51,59)(H,52,58)(H,53,67)(H,60,61)/b54-22+/t23-,24-,29-,30-,32-,37-,42+,49-/m0/s1. The minimum atomic E-state index is -2.40. The van der Waals surface area contributed by atoms with Gasteiger partial charge in [0.25, 0.3) is 5.91 Å². The SMILES string of the molecule is COc1cccc2c1C(=O)c1c(O)c3c(c(O)c1C2=O)C[C@@](O)(C(=O)CO)C[C@@H]3O[C@H]1C[C@H](NC(=O)CCC/C(C)=N/OCC(=O)N[C@@H](C)C(=O)N[C@@H](Cc2ccc(O)cc2)C(=O)NCC(=O)O)[C@H](O)[C@H](C)O1. The van der Waals surface area contributed by atoms with Gasteiger partial charge in [0.1, 0.15) is 59.9 Å². The van der Waals surface area contributed by atoms with Crippen molar-refractivity contribution in [2.75, 3.05) is 26.9 Å². The fourth-order valence-electron chi connectivity index (χ4n) is 8.90. The van der Waals surface area contributed by atoms with Crippen LogP contribution in [0.25, 0.3) is 0 Å². The third-order valence-electron chi connectivity index (χ3n) is 12.7. The van der Waals surface area contributed by atoms with Crippen LogP contribution in [0.1, 0.15) is 108 Å². The molecule has 8 atom stereocenters. The van der Waals surface area contributed by atoms with Crippen LogP contribution >= 0.6 is 0 Å². The Morgan fingerprint density at radius 1 is 0.918 bits per heavy atom. The van der Waals surface area contributed by atoms with Gasteiger partial charge in [0.15, 0.2) is 24.5 Å². The second-order valence-electron chi connectivity index (χ2n) is 18.0. The smallest absolute Gasteiger partial charge is 0.322 e. The molecule has 0 aromatic heterocycles. The topological polar surface area (TPSA) is 376 Å². The number of carboxylic acids is 1. The number of fused-ring (bicyclic) bond motifs is 3. The molecule has 1 saturated heterocycles. The number of hydrogen-bond donors (Lipinski definition) is 11. The number of Topliss-reactive ketones (excluding diaryl/α,β-unsaturated/α-hetero) is 1. The van der Waals surface area contributed by atoms with Gasteiger partial charge in [-0.25, -0.2) is 0 Å². The summed E-state index contributed by atoms with van der Waals surface area (Å²) in [6, 6.07) is 6.65. The van der Waals surface area contributed by atoms with E-state index in [1.165, 1.54) is 63.4 Å². The molecule has 1 heterocycles. The van der Waals surface area contributed by atoms with Crippen LogP contribution in [0.5, 0.6) is 23.0 Å². The van der Waals surface area contributed by atoms with Crippen LogP contribution in [0.2, 0.25) is 0 Å². The maximum atomic E-state index is 14.0. The van der Waals surface area contributed by atoms with Crippen LogP contribution in [0, 0.1) is 0 Å². The van der Waals surface area contributed by atoms with Crippen molar-refractivity contribution in [2.24, 2.45) is 5.16 Å². The number of rotatable bonds is 21. The number of phenols is 3. The van der Waals surface area contributed by atoms with Crippen LogP contribution < -0.4 is 26.0 Å². The third-order valence-corrected chi connectivity index (χ3v) is 12.7. The van der Waals surface area contributed by atoms with E-state index in [0.29, 0.717) is 11.3 Å². The largest absolute Gasteiger partial charge is 0.508 e. The lowest BCUT2D eigenvalue weighted by atomic mass is 9.72. The molecule has 0 radical (unpaired) electrons. The number of phenolic OH excluding ortho intramolecular Hbond substituents is 3. The number of nitrogens with zero attached hydrogens (tertiary/aromatic N) is 1. The Bertz CT molecular complexity index is 2690. The Kier molecular flexibility index (Phi) is 17.5. The van der Waals surface area contributed by atoms with Crippen molar-refractivity contribution < 1.29 is 93.2 Å². The molecule has 1 aliphatic heterocycles. The summed E-state index contributed by atoms with van der Waals surface area (Å²) < 4.78 is 17.5. The zero-order chi connectivity index (χ0) is 53.5. The van der Waals surface area contributed by atoms with Crippen LogP contribution in [0.4, 0.5) is 0 Å². The molecule has 3 aliphatic rings. The average Bonchev–Trinajstić information content (AvgIpc) is 3.34. The molecule has 0 bridgehead atoms. The first-order valence-corrected chi connectivity index (χ1v) is 23.1. The molecular formula is C49H57N5O19. The van der Waals surface area contributed by atoms with Gasteiger partial charge >= 0.3 is 5.97 Å². The maximum absolute atomic E-state index is 14.0. The monoisotopic (exact) mass is 1020 g/mol. The molecule has 24 nitrogen and oxygen atoms in total. The number of aliphatic hydroxyl groups excluding tert-OH is 2. The van der Waals surface area contributed by atoms with Gasteiger partial charge < -0.3 is 76.1 Å². The van der Waals surface area contributed by atoms with Crippen molar-refractivity contribution in [3.8, 4) is 23.0 Å². The molecule has 0 spiro atoms. The number of aromatic hydroxyl groups is 3. The summed E-state index contributed by atoms with van der Waals surface area (Å²) in [5.41, 5.74) is -3.40. The summed E-state index contributed by atoms with van der Waals surface area (Å²) in [6.45, 7) is 2.00. The number of aliphatic carboxylic acids is 1. The van der Waals surface area contributed by atoms with Gasteiger partial charge in [0.2, 0.25) is 23.5 Å². The number of ether oxygens (including phenoxy) is 3. The number of amides is 4. The Labute approximate surface area is 416 Å². The van der Waals surface area contributed by atoms with Gasteiger partial charge in [-0.3, -0.25) is 38.4 Å². The molecule has 11 N–H and O–H groups in total. The molecule has 3 aromatic carbocycles. The van der Waals surface area contributed by atoms with Gasteiger partial charge in [-0.1, -0.05) is 29.4 Å². The Hall–Kier alpha value is -7.51. The summed E-state index contributed by atoms with van der Waals surface area (Å²) in [6.07, 6.45) is -6.26. The predicted molar refractivity (Wildman–Crippen MR) is 251 cm³/mol. The summed E-state index contributed by atoms with van der Waals surface area (Å²) in [5, 5.41) is 88.2. The van der Waals surface area contributed by atoms with Gasteiger partial charge in [-0.15, -0.1) is 0 Å². The normalized spacial score (nSPS) is 22.1. The number of nitrogens with one attached hydrogen (secondary N) is 4. The molecule has 0 saturated carbocycles. The Balaban J connectivity index is 1.03. The van der Waals surface area contributed by atoms with E-state index in [9.17, 15) is 69.0 Å². The number of benzene rings is 3. The number of hydrogen-bond acceptors (Lipinski definition) is 19. The Morgan fingerprint density at radius 3 is 2.29 bits per heavy atom. The molecule has 6 rings (SSSR count). The number of ketones is 3. The van der Waals surface area contributed by atoms with Crippen molar-refractivity contribution in [3.05, 3.63) is 81.4 Å². The van der Waals surface area contributed by atoms with Gasteiger partial charge in [0, 0.05) is 48.8 Å². The number of carboxylic acid groups (broad SMARTS) is 1. The van der Waals surface area contributed by atoms with Gasteiger partial charge in [0.05, 0.1) is 47.8 Å². The summed E-state index contributed by atoms with van der Waals surface area (Å²) in [5.74, 6) is -8.43. The van der Waals surface area contributed by atoms with Crippen molar-refractivity contribution in [1.82, 2.24) is 21.3 Å². The lowest BCUT2D eigenvalue weighted by Crippen LogP contribution is -2.55. The zero-order valence-corrected chi connectivity index (χ0v) is 40.1. The highest BCUT2D eigenvalue weighted by atomic mass is 16.7. The van der Waals surface area contributed by atoms with E-state index in [-0.39, 0.29) is 65.9 Å². The second kappa shape index (κ2) is 23.4. The third kappa shape index (κ3) is 12.6. The van der Waals surface area contributed by atoms with Crippen LogP contribution in [-0.2, 0) is 55.9 Å². The fraction of sp³-hybridized carbons (Fsp3) is 0.449. The van der Waals surface area contributed by atoms with E-state index in [1.54, 1.807) is 6.92 Å². The van der Waals surface area contributed by atoms with E-state index in [2.05, 4.69) is 26.4 Å². The van der Waals surface area contributed by atoms with Crippen molar-refractivity contribution in [3.63, 3.8) is 0 Å². The molecule has 2 aliphatic carbocycles. The van der Waals surface area contributed by atoms with Crippen molar-refractivity contribution in [1.29, 1.82) is 0 Å². The minimum Gasteiger partial charge on any atom is -0.508 e. The highest BCUT2D eigenvalue weighted by Gasteiger charge is 2.50. The molecule has 73 heavy (non-hydrogen) atoms. The summed E-state index contributed by atoms with van der Waals surface area (Å²) in [4.78, 5) is 108. The number of aliphatic hydroxyl groups is 3. The number of oxime groups is 1. The first kappa shape index (κ1) is 54.8. The van der Waals surface area contributed by atoms with Crippen LogP contribution in [0.15, 0.2) is 47.6 Å². The first-order chi connectivity index (χ1) is 34.6. The second-order valence-corrected chi connectivity index (χ2v) is 18.0. The predicted octanol–water partition coefficient (Wildman–Crippen LogP) is -0.140. The van der Waals surface area contributed by atoms with Gasteiger partial charge in [-0.2, -0.15) is 0 Å². The molecule has 4 amide bonds. The minimum absolute atomic E-state index is 0.0268. The average molecular weight is 1020 g/mol. The highest BCUT2D eigenvalue weighted by molar-refractivity contribution is 6.31. The first-order valence-electron chi connectivity index (χ1n) is 23.1. The van der Waals surface area contributed by atoms with Crippen LogP contribution in [0.3, 0.4) is 0 Å².